The van der Waals surface area contributed by atoms with Crippen LogP contribution in [0.2, 0.25) is 0 Å². The van der Waals surface area contributed by atoms with Gasteiger partial charge in [0, 0.05) is 12.2 Å². The van der Waals surface area contributed by atoms with E-state index in [1.165, 1.54) is 5.56 Å². The molecule has 5 nitrogen and oxygen atoms in total. The van der Waals surface area contributed by atoms with Crippen LogP contribution in [-0.4, -0.2) is 31.4 Å². The van der Waals surface area contributed by atoms with Gasteiger partial charge >= 0.3 is 0 Å². The van der Waals surface area contributed by atoms with Crippen LogP contribution in [0.3, 0.4) is 0 Å². The first kappa shape index (κ1) is 18.5. The molecule has 1 aliphatic heterocycles. The zero-order chi connectivity index (χ0) is 15.1. The van der Waals surface area contributed by atoms with E-state index >= 15 is 0 Å². The van der Waals surface area contributed by atoms with Gasteiger partial charge in [0.05, 0.1) is 12.5 Å². The van der Waals surface area contributed by atoms with E-state index < -0.39 is 0 Å². The van der Waals surface area contributed by atoms with Crippen LogP contribution in [0.15, 0.2) is 24.3 Å². The summed E-state index contributed by atoms with van der Waals surface area (Å²) in [6.07, 6.45) is 2.82. The second-order valence-electron chi connectivity index (χ2n) is 5.36. The Hall–Kier alpha value is -1.59. The summed E-state index contributed by atoms with van der Waals surface area (Å²) in [5, 5.41) is 8.71. The normalized spacial score (nSPS) is 17.2. The summed E-state index contributed by atoms with van der Waals surface area (Å²) < 4.78 is 0. The van der Waals surface area contributed by atoms with Crippen LogP contribution >= 0.6 is 12.4 Å². The van der Waals surface area contributed by atoms with Crippen LogP contribution in [0.5, 0.6) is 0 Å². The number of rotatable bonds is 5. The van der Waals surface area contributed by atoms with Crippen molar-refractivity contribution in [3.05, 3.63) is 29.8 Å². The number of carbonyl (C=O) groups excluding carboxylic acids is 2. The van der Waals surface area contributed by atoms with Crippen LogP contribution in [0.1, 0.15) is 25.3 Å². The smallest absolute Gasteiger partial charge is 0.243 e. The molecule has 0 aliphatic carbocycles. The number of amides is 2. The summed E-state index contributed by atoms with van der Waals surface area (Å²) in [5.41, 5.74) is 1.94. The largest absolute Gasteiger partial charge is 0.347 e. The van der Waals surface area contributed by atoms with Crippen LogP contribution in [0.25, 0.3) is 0 Å². The zero-order valence-electron chi connectivity index (χ0n) is 12.9. The molecular weight excluding hydrogens is 302 g/mol. The van der Waals surface area contributed by atoms with E-state index in [2.05, 4.69) is 22.9 Å². The van der Waals surface area contributed by atoms with Gasteiger partial charge in [0.15, 0.2) is 0 Å². The van der Waals surface area contributed by atoms with Crippen LogP contribution in [-0.2, 0) is 16.0 Å². The van der Waals surface area contributed by atoms with Crippen molar-refractivity contribution in [1.82, 2.24) is 10.6 Å². The SMILES string of the molecule is CCc1cccc(NC(=O)CNC(=O)C2CCCNC2)c1.Cl. The highest BCUT2D eigenvalue weighted by molar-refractivity contribution is 5.94. The van der Waals surface area contributed by atoms with Crippen molar-refractivity contribution in [2.45, 2.75) is 26.2 Å². The molecule has 1 aromatic rings. The molecule has 0 radical (unpaired) electrons. The molecular formula is C16H24ClN3O2. The molecule has 1 saturated heterocycles. The molecule has 1 atom stereocenters. The molecule has 0 bridgehead atoms. The Morgan fingerprint density at radius 1 is 1.36 bits per heavy atom. The van der Waals surface area contributed by atoms with Gasteiger partial charge in [0.2, 0.25) is 11.8 Å². The van der Waals surface area contributed by atoms with Crippen molar-refractivity contribution >= 4 is 29.9 Å². The quantitative estimate of drug-likeness (QED) is 0.772. The number of aryl methyl sites for hydroxylation is 1. The van der Waals surface area contributed by atoms with E-state index in [0.717, 1.165) is 31.5 Å². The minimum Gasteiger partial charge on any atom is -0.347 e. The number of benzene rings is 1. The lowest BCUT2D eigenvalue weighted by molar-refractivity contribution is -0.127. The Labute approximate surface area is 137 Å². The Balaban J connectivity index is 0.00000242. The summed E-state index contributed by atoms with van der Waals surface area (Å²) in [6, 6.07) is 7.74. The summed E-state index contributed by atoms with van der Waals surface area (Å²) in [4.78, 5) is 23.8. The average molecular weight is 326 g/mol. The molecule has 6 heteroatoms. The first-order chi connectivity index (χ1) is 10.2. The summed E-state index contributed by atoms with van der Waals surface area (Å²) in [6.45, 7) is 3.76. The highest BCUT2D eigenvalue weighted by Gasteiger charge is 2.20. The predicted octanol–water partition coefficient (Wildman–Crippen LogP) is 1.73. The fourth-order valence-electron chi connectivity index (χ4n) is 2.46. The number of hydrogen-bond donors (Lipinski definition) is 3. The van der Waals surface area contributed by atoms with Gasteiger partial charge in [-0.1, -0.05) is 19.1 Å². The second-order valence-corrected chi connectivity index (χ2v) is 5.36. The van der Waals surface area contributed by atoms with E-state index in [0.29, 0.717) is 6.54 Å². The van der Waals surface area contributed by atoms with Gasteiger partial charge in [-0.25, -0.2) is 0 Å². The molecule has 1 aromatic carbocycles. The Morgan fingerprint density at radius 3 is 2.86 bits per heavy atom. The molecule has 1 heterocycles. The molecule has 22 heavy (non-hydrogen) atoms. The Kier molecular flexibility index (Phi) is 7.91. The van der Waals surface area contributed by atoms with Crippen molar-refractivity contribution < 1.29 is 9.59 Å². The fraction of sp³-hybridized carbons (Fsp3) is 0.500. The highest BCUT2D eigenvalue weighted by atomic mass is 35.5. The molecule has 1 unspecified atom stereocenters. The monoisotopic (exact) mass is 325 g/mol. The minimum absolute atomic E-state index is 0. The molecule has 3 N–H and O–H groups in total. The van der Waals surface area contributed by atoms with E-state index in [-0.39, 0.29) is 36.7 Å². The standard InChI is InChI=1S/C16H23N3O2.ClH/c1-2-12-5-3-7-14(9-12)19-15(20)11-18-16(21)13-6-4-8-17-10-13;/h3,5,7,9,13,17H,2,4,6,8,10-11H2,1H3,(H,18,21)(H,19,20);1H. The maximum Gasteiger partial charge on any atom is 0.243 e. The van der Waals surface area contributed by atoms with Gasteiger partial charge in [-0.3, -0.25) is 9.59 Å². The molecule has 0 spiro atoms. The van der Waals surface area contributed by atoms with Gasteiger partial charge in [-0.05, 0) is 43.5 Å². The lowest BCUT2D eigenvalue weighted by Gasteiger charge is -2.21. The van der Waals surface area contributed by atoms with Crippen LogP contribution in [0, 0.1) is 5.92 Å². The molecule has 2 rings (SSSR count). The second kappa shape index (κ2) is 9.43. The van der Waals surface area contributed by atoms with Gasteiger partial charge in [0.1, 0.15) is 0 Å². The Bertz CT molecular complexity index is 502. The topological polar surface area (TPSA) is 70.2 Å². The van der Waals surface area contributed by atoms with Gasteiger partial charge < -0.3 is 16.0 Å². The van der Waals surface area contributed by atoms with E-state index in [1.807, 2.05) is 24.3 Å². The van der Waals surface area contributed by atoms with Crippen LogP contribution < -0.4 is 16.0 Å². The summed E-state index contributed by atoms with van der Waals surface area (Å²) >= 11 is 0. The average Bonchev–Trinajstić information content (AvgIpc) is 2.53. The lowest BCUT2D eigenvalue weighted by atomic mass is 9.99. The maximum atomic E-state index is 11.9. The van der Waals surface area contributed by atoms with Crippen molar-refractivity contribution in [2.75, 3.05) is 25.0 Å². The van der Waals surface area contributed by atoms with Crippen LogP contribution in [0.4, 0.5) is 5.69 Å². The number of hydrogen-bond acceptors (Lipinski definition) is 3. The van der Waals surface area contributed by atoms with E-state index in [9.17, 15) is 9.59 Å². The fourth-order valence-corrected chi connectivity index (χ4v) is 2.46. The van der Waals surface area contributed by atoms with E-state index in [1.54, 1.807) is 0 Å². The third kappa shape index (κ3) is 5.66. The molecule has 1 aliphatic rings. The van der Waals surface area contributed by atoms with Gasteiger partial charge in [-0.2, -0.15) is 0 Å². The van der Waals surface area contributed by atoms with E-state index in [4.69, 9.17) is 0 Å². The van der Waals surface area contributed by atoms with Crippen molar-refractivity contribution in [2.24, 2.45) is 5.92 Å². The Morgan fingerprint density at radius 2 is 2.18 bits per heavy atom. The first-order valence-corrected chi connectivity index (χ1v) is 7.56. The zero-order valence-corrected chi connectivity index (χ0v) is 13.7. The first-order valence-electron chi connectivity index (χ1n) is 7.56. The summed E-state index contributed by atoms with van der Waals surface area (Å²) in [7, 11) is 0. The number of halogens is 1. The predicted molar refractivity (Wildman–Crippen MR) is 90.3 cm³/mol. The van der Waals surface area contributed by atoms with Crippen molar-refractivity contribution in [3.63, 3.8) is 0 Å². The number of anilines is 1. The summed E-state index contributed by atoms with van der Waals surface area (Å²) in [5.74, 6) is -0.255. The van der Waals surface area contributed by atoms with Crippen molar-refractivity contribution in [3.8, 4) is 0 Å². The van der Waals surface area contributed by atoms with Crippen molar-refractivity contribution in [1.29, 1.82) is 0 Å². The number of carbonyl (C=O) groups is 2. The van der Waals surface area contributed by atoms with Gasteiger partial charge in [-0.15, -0.1) is 12.4 Å². The molecule has 1 fully saturated rings. The third-order valence-electron chi connectivity index (χ3n) is 3.71. The molecule has 122 valence electrons. The third-order valence-corrected chi connectivity index (χ3v) is 3.71. The minimum atomic E-state index is -0.194. The molecule has 2 amide bonds. The maximum absolute atomic E-state index is 11.9. The number of piperidine rings is 1. The number of nitrogens with one attached hydrogen (secondary N) is 3. The molecule has 0 aromatic heterocycles. The highest BCUT2D eigenvalue weighted by Crippen LogP contribution is 2.11. The molecule has 0 saturated carbocycles. The van der Waals surface area contributed by atoms with Gasteiger partial charge in [0.25, 0.3) is 0 Å². The lowest BCUT2D eigenvalue weighted by Crippen LogP contribution is -2.42.